The van der Waals surface area contributed by atoms with Crippen LogP contribution in [0.4, 0.5) is 0 Å². The van der Waals surface area contributed by atoms with Crippen LogP contribution in [0, 0.1) is 0 Å². The first-order valence-corrected chi connectivity index (χ1v) is 6.14. The number of nitrogens with two attached hydrogens (primary N) is 1. The number of methoxy groups -OCH3 is 1. The molecule has 0 radical (unpaired) electrons. The number of esters is 1. The van der Waals surface area contributed by atoms with Crippen LogP contribution in [0.3, 0.4) is 0 Å². The average molecular weight is 238 g/mol. The van der Waals surface area contributed by atoms with Gasteiger partial charge in [-0.2, -0.15) is 0 Å². The molecule has 0 aliphatic carbocycles. The van der Waals surface area contributed by atoms with E-state index in [2.05, 4.69) is 9.46 Å². The molecular formula is C8H18N2O4S. The van der Waals surface area contributed by atoms with Crippen molar-refractivity contribution in [2.75, 3.05) is 19.4 Å². The summed E-state index contributed by atoms with van der Waals surface area (Å²) in [6, 6.07) is 0. The minimum Gasteiger partial charge on any atom is -0.469 e. The molecule has 15 heavy (non-hydrogen) atoms. The van der Waals surface area contributed by atoms with Crippen molar-refractivity contribution in [1.29, 1.82) is 0 Å². The normalized spacial score (nSPS) is 12.5. The summed E-state index contributed by atoms with van der Waals surface area (Å²) in [7, 11) is -2.24. The van der Waals surface area contributed by atoms with Crippen molar-refractivity contribution in [2.24, 2.45) is 5.73 Å². The van der Waals surface area contributed by atoms with E-state index in [1.54, 1.807) is 13.8 Å². The van der Waals surface area contributed by atoms with Gasteiger partial charge in [0, 0.05) is 12.1 Å². The first-order chi connectivity index (χ1) is 6.66. The molecule has 0 aliphatic rings. The van der Waals surface area contributed by atoms with E-state index in [0.717, 1.165) is 0 Å². The van der Waals surface area contributed by atoms with Gasteiger partial charge in [-0.05, 0) is 13.8 Å². The highest BCUT2D eigenvalue weighted by Crippen LogP contribution is 1.97. The Hall–Kier alpha value is -0.660. The Kier molecular flexibility index (Phi) is 5.19. The summed E-state index contributed by atoms with van der Waals surface area (Å²) < 4.78 is 29.3. The summed E-state index contributed by atoms with van der Waals surface area (Å²) >= 11 is 0. The maximum absolute atomic E-state index is 11.3. The van der Waals surface area contributed by atoms with Gasteiger partial charge in [-0.1, -0.05) is 0 Å². The Morgan fingerprint density at radius 1 is 1.47 bits per heavy atom. The molecular weight excluding hydrogens is 220 g/mol. The molecule has 3 N–H and O–H groups in total. The predicted molar refractivity (Wildman–Crippen MR) is 56.7 cm³/mol. The highest BCUT2D eigenvalue weighted by Gasteiger charge is 2.17. The SMILES string of the molecule is COC(=O)CCS(=O)(=O)NCC(C)(C)N. The number of carbonyl (C=O) groups is 1. The topological polar surface area (TPSA) is 98.5 Å². The van der Waals surface area contributed by atoms with Crippen LogP contribution in [-0.2, 0) is 19.6 Å². The van der Waals surface area contributed by atoms with E-state index < -0.39 is 21.5 Å². The lowest BCUT2D eigenvalue weighted by molar-refractivity contribution is -0.140. The molecule has 0 rings (SSSR count). The van der Waals surface area contributed by atoms with Crippen molar-refractivity contribution in [1.82, 2.24) is 4.72 Å². The largest absolute Gasteiger partial charge is 0.469 e. The molecule has 0 aromatic rings. The van der Waals surface area contributed by atoms with Crippen LogP contribution < -0.4 is 10.5 Å². The molecule has 0 heterocycles. The zero-order chi connectivity index (χ0) is 12.1. The van der Waals surface area contributed by atoms with Gasteiger partial charge in [-0.25, -0.2) is 13.1 Å². The van der Waals surface area contributed by atoms with Crippen LogP contribution in [0.15, 0.2) is 0 Å². The summed E-state index contributed by atoms with van der Waals surface area (Å²) in [6.07, 6.45) is -0.156. The molecule has 6 nitrogen and oxygen atoms in total. The molecule has 0 aliphatic heterocycles. The Bertz CT molecular complexity index is 305. The standard InChI is InChI=1S/C8H18N2O4S/c1-8(2,9)6-10-15(12,13)5-4-7(11)14-3/h10H,4-6,9H2,1-3H3. The number of ether oxygens (including phenoxy) is 1. The molecule has 7 heteroatoms. The number of rotatable bonds is 6. The third kappa shape index (κ3) is 8.34. The number of hydrogen-bond acceptors (Lipinski definition) is 5. The van der Waals surface area contributed by atoms with E-state index in [1.807, 2.05) is 0 Å². The molecule has 0 aromatic carbocycles. The van der Waals surface area contributed by atoms with Gasteiger partial charge in [-0.3, -0.25) is 4.79 Å². The summed E-state index contributed by atoms with van der Waals surface area (Å²) in [5.74, 6) is -0.831. The molecule has 0 saturated heterocycles. The fraction of sp³-hybridized carbons (Fsp3) is 0.875. The Labute approximate surface area is 90.2 Å². The van der Waals surface area contributed by atoms with Crippen LogP contribution in [0.1, 0.15) is 20.3 Å². The molecule has 0 bridgehead atoms. The second-order valence-corrected chi connectivity index (χ2v) is 5.88. The Balaban J connectivity index is 4.04. The smallest absolute Gasteiger partial charge is 0.306 e. The van der Waals surface area contributed by atoms with Crippen molar-refractivity contribution in [2.45, 2.75) is 25.8 Å². The minimum atomic E-state index is -3.45. The summed E-state index contributed by atoms with van der Waals surface area (Å²) in [4.78, 5) is 10.7. The molecule has 0 aromatic heterocycles. The average Bonchev–Trinajstić information content (AvgIpc) is 2.10. The fourth-order valence-corrected chi connectivity index (χ4v) is 1.86. The first-order valence-electron chi connectivity index (χ1n) is 4.49. The highest BCUT2D eigenvalue weighted by atomic mass is 32.2. The zero-order valence-electron chi connectivity index (χ0n) is 9.24. The lowest BCUT2D eigenvalue weighted by atomic mass is 10.1. The molecule has 0 atom stereocenters. The lowest BCUT2D eigenvalue weighted by Gasteiger charge is -2.18. The van der Waals surface area contributed by atoms with Crippen molar-refractivity contribution in [3.8, 4) is 0 Å². The van der Waals surface area contributed by atoms with Gasteiger partial charge in [0.05, 0.1) is 19.3 Å². The molecule has 90 valence electrons. The van der Waals surface area contributed by atoms with Gasteiger partial charge in [0.25, 0.3) is 0 Å². The van der Waals surface area contributed by atoms with Crippen molar-refractivity contribution >= 4 is 16.0 Å². The van der Waals surface area contributed by atoms with Gasteiger partial charge in [0.1, 0.15) is 0 Å². The maximum atomic E-state index is 11.3. The van der Waals surface area contributed by atoms with Crippen LogP contribution in [-0.4, -0.2) is 39.3 Å². The van der Waals surface area contributed by atoms with E-state index in [-0.39, 0.29) is 18.7 Å². The van der Waals surface area contributed by atoms with Crippen molar-refractivity contribution in [3.05, 3.63) is 0 Å². The third-order valence-electron chi connectivity index (χ3n) is 1.55. The highest BCUT2D eigenvalue weighted by molar-refractivity contribution is 7.89. The Morgan fingerprint density at radius 3 is 2.40 bits per heavy atom. The zero-order valence-corrected chi connectivity index (χ0v) is 10.1. The van der Waals surface area contributed by atoms with Gasteiger partial charge >= 0.3 is 5.97 Å². The van der Waals surface area contributed by atoms with E-state index >= 15 is 0 Å². The molecule has 0 saturated carbocycles. The summed E-state index contributed by atoms with van der Waals surface area (Å²) in [6.45, 7) is 3.54. The lowest BCUT2D eigenvalue weighted by Crippen LogP contribution is -2.45. The van der Waals surface area contributed by atoms with E-state index in [9.17, 15) is 13.2 Å². The molecule has 0 fully saturated rings. The van der Waals surface area contributed by atoms with Crippen LogP contribution in [0.25, 0.3) is 0 Å². The van der Waals surface area contributed by atoms with E-state index in [0.29, 0.717) is 0 Å². The third-order valence-corrected chi connectivity index (χ3v) is 2.88. The van der Waals surface area contributed by atoms with Crippen LogP contribution >= 0.6 is 0 Å². The van der Waals surface area contributed by atoms with Crippen LogP contribution in [0.2, 0.25) is 0 Å². The van der Waals surface area contributed by atoms with Crippen LogP contribution in [0.5, 0.6) is 0 Å². The van der Waals surface area contributed by atoms with E-state index in [4.69, 9.17) is 5.73 Å². The molecule has 0 spiro atoms. The summed E-state index contributed by atoms with van der Waals surface area (Å²) in [5.41, 5.74) is 4.99. The van der Waals surface area contributed by atoms with Gasteiger partial charge in [0.15, 0.2) is 0 Å². The van der Waals surface area contributed by atoms with Crippen molar-refractivity contribution in [3.63, 3.8) is 0 Å². The van der Waals surface area contributed by atoms with Gasteiger partial charge < -0.3 is 10.5 Å². The second kappa shape index (κ2) is 5.43. The molecule has 0 unspecified atom stereocenters. The summed E-state index contributed by atoms with van der Waals surface area (Å²) in [5, 5.41) is 0. The predicted octanol–water partition coefficient (Wildman–Crippen LogP) is -0.794. The van der Waals surface area contributed by atoms with E-state index in [1.165, 1.54) is 7.11 Å². The minimum absolute atomic E-state index is 0.135. The van der Waals surface area contributed by atoms with Gasteiger partial charge in [0.2, 0.25) is 10.0 Å². The van der Waals surface area contributed by atoms with Crippen molar-refractivity contribution < 1.29 is 17.9 Å². The maximum Gasteiger partial charge on any atom is 0.306 e. The fourth-order valence-electron chi connectivity index (χ4n) is 0.688. The molecule has 0 amide bonds. The second-order valence-electron chi connectivity index (χ2n) is 3.95. The number of nitrogens with one attached hydrogen (secondary N) is 1. The number of sulfonamides is 1. The first kappa shape index (κ1) is 14.3. The number of carbonyl (C=O) groups excluding carboxylic acids is 1. The number of hydrogen-bond donors (Lipinski definition) is 2. The monoisotopic (exact) mass is 238 g/mol. The van der Waals surface area contributed by atoms with Gasteiger partial charge in [-0.15, -0.1) is 0 Å². The Morgan fingerprint density at radius 2 is 2.00 bits per heavy atom. The quantitative estimate of drug-likeness (QED) is 0.591.